The second kappa shape index (κ2) is 8.84. The Balaban J connectivity index is 1.82. The molecule has 11 heteroatoms. The highest BCUT2D eigenvalue weighted by atomic mass is 31.2. The van der Waals surface area contributed by atoms with Gasteiger partial charge in [0.25, 0.3) is 0 Å². The summed E-state index contributed by atoms with van der Waals surface area (Å²) in [6.07, 6.45) is -0.509. The minimum atomic E-state index is -4.63. The van der Waals surface area contributed by atoms with E-state index >= 15 is 0 Å². The fraction of sp³-hybridized carbons (Fsp3) is 0.429. The molecule has 1 aliphatic heterocycles. The van der Waals surface area contributed by atoms with Gasteiger partial charge in [0.05, 0.1) is 23.1 Å². The first-order chi connectivity index (χ1) is 15.2. The Hall–Kier alpha value is -2.42. The van der Waals surface area contributed by atoms with Crippen molar-refractivity contribution in [3.63, 3.8) is 0 Å². The number of aromatic nitrogens is 3. The lowest BCUT2D eigenvalue weighted by atomic mass is 10.1. The van der Waals surface area contributed by atoms with Crippen molar-refractivity contribution in [1.29, 1.82) is 0 Å². The number of benzene rings is 1. The van der Waals surface area contributed by atoms with Crippen molar-refractivity contribution >= 4 is 29.5 Å². The molecule has 0 bridgehead atoms. The van der Waals surface area contributed by atoms with Crippen LogP contribution in [-0.2, 0) is 15.3 Å². The number of alkyl halides is 3. The Labute approximate surface area is 183 Å². The number of hydrogen-bond acceptors (Lipinski definition) is 6. The van der Waals surface area contributed by atoms with Gasteiger partial charge in [-0.3, -0.25) is 4.57 Å². The summed E-state index contributed by atoms with van der Waals surface area (Å²) in [6, 6.07) is 5.04. The molecule has 172 valence electrons. The number of para-hydroxylation sites is 1. The molecule has 1 saturated heterocycles. The van der Waals surface area contributed by atoms with E-state index in [4.69, 9.17) is 4.52 Å². The number of halogens is 3. The van der Waals surface area contributed by atoms with Crippen molar-refractivity contribution in [3.8, 4) is 11.3 Å². The predicted molar refractivity (Wildman–Crippen MR) is 119 cm³/mol. The summed E-state index contributed by atoms with van der Waals surface area (Å²) >= 11 is 0. The highest BCUT2D eigenvalue weighted by Gasteiger charge is 2.36. The van der Waals surface area contributed by atoms with Gasteiger partial charge < -0.3 is 20.1 Å². The van der Waals surface area contributed by atoms with Gasteiger partial charge in [0.2, 0.25) is 13.3 Å². The van der Waals surface area contributed by atoms with Crippen molar-refractivity contribution in [2.75, 3.05) is 31.7 Å². The van der Waals surface area contributed by atoms with Crippen LogP contribution in [0, 0.1) is 0 Å². The molecule has 7 nitrogen and oxygen atoms in total. The van der Waals surface area contributed by atoms with Crippen molar-refractivity contribution in [1.82, 2.24) is 20.3 Å². The summed E-state index contributed by atoms with van der Waals surface area (Å²) in [5.41, 5.74) is -0.428. The van der Waals surface area contributed by atoms with Crippen LogP contribution in [-0.4, -0.2) is 47.4 Å². The van der Waals surface area contributed by atoms with Crippen LogP contribution in [0.25, 0.3) is 22.2 Å². The van der Waals surface area contributed by atoms with Crippen LogP contribution in [0.15, 0.2) is 30.6 Å². The Morgan fingerprint density at radius 1 is 1.34 bits per heavy atom. The second-order valence-corrected chi connectivity index (χ2v) is 10.2. The molecule has 0 spiro atoms. The summed E-state index contributed by atoms with van der Waals surface area (Å²) in [6.45, 7) is 5.10. The lowest BCUT2D eigenvalue weighted by molar-refractivity contribution is -0.137. The minimum absolute atomic E-state index is 0.0417. The van der Waals surface area contributed by atoms with Gasteiger partial charge in [-0.05, 0) is 32.4 Å². The number of fused-ring (bicyclic) bond motifs is 1. The number of hydrogen-bond donors (Lipinski definition) is 3. The maximum Gasteiger partial charge on any atom is 0.419 e. The number of piperidine rings is 1. The number of anilines is 1. The van der Waals surface area contributed by atoms with E-state index in [1.54, 1.807) is 25.1 Å². The summed E-state index contributed by atoms with van der Waals surface area (Å²) in [5.74, 6) is 0.141. The van der Waals surface area contributed by atoms with Gasteiger partial charge >= 0.3 is 6.18 Å². The van der Waals surface area contributed by atoms with Crippen LogP contribution >= 0.6 is 7.37 Å². The molecule has 2 atom stereocenters. The van der Waals surface area contributed by atoms with Crippen LogP contribution in [0.2, 0.25) is 0 Å². The average molecular weight is 467 g/mol. The van der Waals surface area contributed by atoms with Crippen molar-refractivity contribution < 1.29 is 22.3 Å². The van der Waals surface area contributed by atoms with Crippen molar-refractivity contribution in [2.24, 2.45) is 0 Å². The van der Waals surface area contributed by atoms with Gasteiger partial charge in [-0.1, -0.05) is 12.1 Å². The molecule has 0 saturated carbocycles. The third kappa shape index (κ3) is 4.53. The molecular weight excluding hydrogens is 442 g/mol. The Morgan fingerprint density at radius 3 is 2.84 bits per heavy atom. The highest BCUT2D eigenvalue weighted by molar-refractivity contribution is 7.66. The molecule has 3 N–H and O–H groups in total. The Bertz CT molecular complexity index is 1160. The molecule has 4 rings (SSSR count). The van der Waals surface area contributed by atoms with E-state index in [-0.39, 0.29) is 29.9 Å². The summed E-state index contributed by atoms with van der Waals surface area (Å²) in [5, 5.41) is 7.29. The topological polar surface area (TPSA) is 91.9 Å². The van der Waals surface area contributed by atoms with Gasteiger partial charge in [0.1, 0.15) is 5.56 Å². The van der Waals surface area contributed by atoms with Gasteiger partial charge in [-0.15, -0.1) is 0 Å². The van der Waals surface area contributed by atoms with Crippen molar-refractivity contribution in [2.45, 2.75) is 32.0 Å². The second-order valence-electron chi connectivity index (χ2n) is 7.81. The van der Waals surface area contributed by atoms with Crippen molar-refractivity contribution in [3.05, 3.63) is 36.2 Å². The highest BCUT2D eigenvalue weighted by Crippen LogP contribution is 2.45. The van der Waals surface area contributed by atoms with Gasteiger partial charge in [0.15, 0.2) is 0 Å². The molecule has 0 amide bonds. The summed E-state index contributed by atoms with van der Waals surface area (Å²) in [7, 11) is -3.15. The third-order valence-corrected chi connectivity index (χ3v) is 7.48. The minimum Gasteiger partial charge on any atom is -0.360 e. The van der Waals surface area contributed by atoms with Gasteiger partial charge in [-0.25, -0.2) is 9.97 Å². The van der Waals surface area contributed by atoms with Crippen LogP contribution in [0.1, 0.15) is 25.3 Å². The van der Waals surface area contributed by atoms with E-state index < -0.39 is 19.1 Å². The van der Waals surface area contributed by atoms with E-state index in [1.807, 2.05) is 0 Å². The number of H-pyrrole nitrogens is 1. The Morgan fingerprint density at radius 2 is 2.16 bits per heavy atom. The number of rotatable bonds is 6. The van der Waals surface area contributed by atoms with E-state index in [0.29, 0.717) is 22.8 Å². The Kier molecular flexibility index (Phi) is 6.29. The zero-order valence-electron chi connectivity index (χ0n) is 17.8. The molecule has 1 fully saturated rings. The zero-order valence-corrected chi connectivity index (χ0v) is 18.7. The van der Waals surface area contributed by atoms with Crippen LogP contribution in [0.5, 0.6) is 0 Å². The molecule has 0 radical (unpaired) electrons. The molecule has 3 heterocycles. The molecule has 1 unspecified atom stereocenters. The lowest BCUT2D eigenvalue weighted by Crippen LogP contribution is -2.38. The number of nitrogens with zero attached hydrogens (tertiary/aromatic N) is 2. The molecule has 32 heavy (non-hydrogen) atoms. The predicted octanol–water partition coefficient (Wildman–Crippen LogP) is 4.38. The third-order valence-electron chi connectivity index (χ3n) is 5.49. The fourth-order valence-corrected chi connectivity index (χ4v) is 5.59. The quantitative estimate of drug-likeness (QED) is 0.466. The van der Waals surface area contributed by atoms with Gasteiger partial charge in [-0.2, -0.15) is 13.2 Å². The van der Waals surface area contributed by atoms with E-state index in [9.17, 15) is 17.7 Å². The maximum atomic E-state index is 13.8. The van der Waals surface area contributed by atoms with E-state index in [0.717, 1.165) is 25.6 Å². The summed E-state index contributed by atoms with van der Waals surface area (Å²) < 4.78 is 59.9. The largest absolute Gasteiger partial charge is 0.419 e. The monoisotopic (exact) mass is 467 g/mol. The smallest absolute Gasteiger partial charge is 0.360 e. The number of nitrogens with one attached hydrogen (secondary N) is 3. The van der Waals surface area contributed by atoms with Gasteiger partial charge in [0, 0.05) is 42.6 Å². The standard InChI is InChI=1S/C21H25F3N5O2P/c1-3-31-32(2,30)17-8-4-7-14-15(11-26-19(14)17)18-16(21(22,23)24)12-27-20(29-18)28-13-6-5-9-25-10-13/h4,7-8,11-13,25-26H,3,5-6,9-10H2,1-2H3,(H,27,28,29)/t13-,32?/m0/s1. The molecule has 0 aliphatic carbocycles. The molecule has 1 aromatic carbocycles. The molecule has 3 aromatic rings. The molecule has 2 aromatic heterocycles. The first kappa shape index (κ1) is 22.8. The van der Waals surface area contributed by atoms with E-state index in [2.05, 4.69) is 25.6 Å². The van der Waals surface area contributed by atoms with Crippen LogP contribution in [0.4, 0.5) is 19.1 Å². The SMILES string of the molecule is CCOP(C)(=O)c1cccc2c(-c3nc(N[C@H]4CCCNC4)ncc3C(F)(F)F)c[nH]c12. The zero-order chi connectivity index (χ0) is 22.9. The maximum absolute atomic E-state index is 13.8. The molecule has 1 aliphatic rings. The van der Waals surface area contributed by atoms with Crippen LogP contribution < -0.4 is 15.9 Å². The summed E-state index contributed by atoms with van der Waals surface area (Å²) in [4.78, 5) is 11.2. The molecular formula is C21H25F3N5O2P. The first-order valence-corrected chi connectivity index (χ1v) is 12.5. The lowest BCUT2D eigenvalue weighted by Gasteiger charge is -2.24. The fourth-order valence-electron chi connectivity index (χ4n) is 4.01. The normalized spacial score (nSPS) is 19.1. The van der Waals surface area contributed by atoms with Crippen LogP contribution in [0.3, 0.4) is 0 Å². The average Bonchev–Trinajstić information content (AvgIpc) is 3.17. The number of aromatic amines is 1. The van der Waals surface area contributed by atoms with E-state index in [1.165, 1.54) is 12.9 Å². The first-order valence-electron chi connectivity index (χ1n) is 10.5.